The first kappa shape index (κ1) is 16.6. The van der Waals surface area contributed by atoms with E-state index in [4.69, 9.17) is 0 Å². The summed E-state index contributed by atoms with van der Waals surface area (Å²) in [4.78, 5) is 24.8. The highest BCUT2D eigenvalue weighted by atomic mass is 32.1. The summed E-state index contributed by atoms with van der Waals surface area (Å²) in [6.45, 7) is -1.11. The largest absolute Gasteiger partial charge is 0.440 e. The van der Waals surface area contributed by atoms with Crippen LogP contribution in [0.1, 0.15) is 18.4 Å². The molecule has 1 aromatic heterocycles. The lowest BCUT2D eigenvalue weighted by Crippen LogP contribution is -2.46. The van der Waals surface area contributed by atoms with Crippen LogP contribution in [0.3, 0.4) is 0 Å². The Bertz CT molecular complexity index is 519. The second-order valence-electron chi connectivity index (χ2n) is 4.87. The zero-order valence-corrected chi connectivity index (χ0v) is 12.4. The van der Waals surface area contributed by atoms with Gasteiger partial charge in [-0.15, -0.1) is 0 Å². The van der Waals surface area contributed by atoms with Crippen LogP contribution in [0.15, 0.2) is 16.8 Å². The smallest absolute Gasteiger partial charge is 0.422 e. The molecule has 2 heterocycles. The van der Waals surface area contributed by atoms with Crippen LogP contribution in [-0.4, -0.2) is 42.3 Å². The standard InChI is InChI=1S/C13H15F3N2O3S/c14-13(15,16)8-21-12(20)18-4-1-2-10(18)11(19)17-6-9-3-5-22-7-9/h3,5,7,10H,1-2,4,6,8H2,(H,17,19). The molecule has 22 heavy (non-hydrogen) atoms. The van der Waals surface area contributed by atoms with Crippen molar-refractivity contribution in [3.05, 3.63) is 22.4 Å². The molecule has 2 amide bonds. The Balaban J connectivity index is 1.86. The fourth-order valence-corrected chi connectivity index (χ4v) is 2.85. The van der Waals surface area contributed by atoms with Crippen molar-refractivity contribution in [3.8, 4) is 0 Å². The minimum atomic E-state index is -4.58. The molecule has 1 aliphatic heterocycles. The van der Waals surface area contributed by atoms with Gasteiger partial charge in [-0.2, -0.15) is 24.5 Å². The van der Waals surface area contributed by atoms with Crippen molar-refractivity contribution in [1.82, 2.24) is 10.2 Å². The predicted octanol–water partition coefficient (Wildman–Crippen LogP) is 2.53. The maximum Gasteiger partial charge on any atom is 0.422 e. The van der Waals surface area contributed by atoms with Crippen molar-refractivity contribution < 1.29 is 27.5 Å². The molecule has 0 radical (unpaired) electrons. The monoisotopic (exact) mass is 336 g/mol. The zero-order valence-electron chi connectivity index (χ0n) is 11.6. The highest BCUT2D eigenvalue weighted by Gasteiger charge is 2.37. The Kier molecular flexibility index (Phi) is 5.28. The van der Waals surface area contributed by atoms with Crippen LogP contribution < -0.4 is 5.32 Å². The molecule has 0 saturated carbocycles. The van der Waals surface area contributed by atoms with Gasteiger partial charge in [-0.3, -0.25) is 9.69 Å². The molecule has 122 valence electrons. The number of ether oxygens (including phenoxy) is 1. The number of carbonyl (C=O) groups excluding carboxylic acids is 2. The zero-order chi connectivity index (χ0) is 16.2. The fourth-order valence-electron chi connectivity index (χ4n) is 2.18. The quantitative estimate of drug-likeness (QED) is 0.919. The third kappa shape index (κ3) is 4.62. The van der Waals surface area contributed by atoms with Crippen LogP contribution in [0.4, 0.5) is 18.0 Å². The lowest BCUT2D eigenvalue weighted by atomic mass is 10.2. The fraction of sp³-hybridized carbons (Fsp3) is 0.538. The van der Waals surface area contributed by atoms with Gasteiger partial charge >= 0.3 is 12.3 Å². The number of thiophene rings is 1. The average molecular weight is 336 g/mol. The van der Waals surface area contributed by atoms with E-state index in [1.807, 2.05) is 16.8 Å². The molecule has 2 rings (SSSR count). The lowest BCUT2D eigenvalue weighted by molar-refractivity contribution is -0.162. The molecule has 0 aromatic carbocycles. The number of rotatable bonds is 4. The van der Waals surface area contributed by atoms with Crippen molar-refractivity contribution >= 4 is 23.3 Å². The molecule has 0 bridgehead atoms. The molecular formula is C13H15F3N2O3S. The summed E-state index contributed by atoms with van der Waals surface area (Å²) in [7, 11) is 0. The topological polar surface area (TPSA) is 58.6 Å². The Labute approximate surface area is 129 Å². The van der Waals surface area contributed by atoms with Gasteiger partial charge in [-0.05, 0) is 35.2 Å². The molecule has 1 N–H and O–H groups in total. The normalized spacial score (nSPS) is 18.3. The summed E-state index contributed by atoms with van der Waals surface area (Å²) in [5.41, 5.74) is 0.933. The van der Waals surface area contributed by atoms with E-state index in [9.17, 15) is 22.8 Å². The van der Waals surface area contributed by atoms with Gasteiger partial charge in [0.2, 0.25) is 5.91 Å². The second-order valence-corrected chi connectivity index (χ2v) is 5.65. The number of hydrogen-bond donors (Lipinski definition) is 1. The maximum absolute atomic E-state index is 12.1. The number of likely N-dealkylation sites (tertiary alicyclic amines) is 1. The molecule has 1 atom stereocenters. The van der Waals surface area contributed by atoms with Crippen molar-refractivity contribution in [2.45, 2.75) is 31.6 Å². The van der Waals surface area contributed by atoms with E-state index < -0.39 is 24.9 Å². The van der Waals surface area contributed by atoms with Crippen LogP contribution in [0.25, 0.3) is 0 Å². The number of alkyl halides is 3. The Morgan fingerprint density at radius 3 is 2.86 bits per heavy atom. The number of amides is 2. The van der Waals surface area contributed by atoms with Gasteiger partial charge in [0.1, 0.15) is 6.04 Å². The van der Waals surface area contributed by atoms with Gasteiger partial charge in [0, 0.05) is 13.1 Å². The Hall–Kier alpha value is -1.77. The van der Waals surface area contributed by atoms with E-state index in [0.717, 1.165) is 10.5 Å². The van der Waals surface area contributed by atoms with Crippen LogP contribution >= 0.6 is 11.3 Å². The SMILES string of the molecule is O=C(NCc1ccsc1)C1CCCN1C(=O)OCC(F)(F)F. The number of carbonyl (C=O) groups is 2. The third-order valence-electron chi connectivity index (χ3n) is 3.20. The number of nitrogens with one attached hydrogen (secondary N) is 1. The number of halogens is 3. The summed E-state index contributed by atoms with van der Waals surface area (Å²) < 4.78 is 40.4. The van der Waals surface area contributed by atoms with E-state index in [-0.39, 0.29) is 12.5 Å². The van der Waals surface area contributed by atoms with Gasteiger partial charge in [0.25, 0.3) is 0 Å². The highest BCUT2D eigenvalue weighted by Crippen LogP contribution is 2.21. The van der Waals surface area contributed by atoms with E-state index in [1.54, 1.807) is 0 Å². The first-order valence-electron chi connectivity index (χ1n) is 6.66. The number of nitrogens with zero attached hydrogens (tertiary/aromatic N) is 1. The molecule has 1 aromatic rings. The van der Waals surface area contributed by atoms with E-state index >= 15 is 0 Å². The molecule has 0 aliphatic carbocycles. The van der Waals surface area contributed by atoms with Crippen molar-refractivity contribution in [3.63, 3.8) is 0 Å². The molecule has 1 saturated heterocycles. The molecular weight excluding hydrogens is 321 g/mol. The van der Waals surface area contributed by atoms with Crippen LogP contribution in [0.2, 0.25) is 0 Å². The van der Waals surface area contributed by atoms with Crippen molar-refractivity contribution in [2.24, 2.45) is 0 Å². The van der Waals surface area contributed by atoms with Gasteiger partial charge in [-0.1, -0.05) is 0 Å². The Morgan fingerprint density at radius 2 is 2.23 bits per heavy atom. The first-order chi connectivity index (χ1) is 10.4. The van der Waals surface area contributed by atoms with Crippen LogP contribution in [0, 0.1) is 0 Å². The van der Waals surface area contributed by atoms with E-state index in [0.29, 0.717) is 19.4 Å². The van der Waals surface area contributed by atoms with Gasteiger partial charge in [0.15, 0.2) is 6.61 Å². The summed E-state index contributed by atoms with van der Waals surface area (Å²) >= 11 is 1.50. The van der Waals surface area contributed by atoms with Crippen molar-refractivity contribution in [1.29, 1.82) is 0 Å². The lowest BCUT2D eigenvalue weighted by Gasteiger charge is -2.23. The molecule has 5 nitrogen and oxygen atoms in total. The van der Waals surface area contributed by atoms with Crippen molar-refractivity contribution in [2.75, 3.05) is 13.2 Å². The molecule has 1 fully saturated rings. The average Bonchev–Trinajstić information content (AvgIpc) is 3.12. The molecule has 1 unspecified atom stereocenters. The summed E-state index contributed by atoms with van der Waals surface area (Å²) in [6.07, 6.45) is -4.72. The number of hydrogen-bond acceptors (Lipinski definition) is 4. The minimum Gasteiger partial charge on any atom is -0.440 e. The van der Waals surface area contributed by atoms with E-state index in [2.05, 4.69) is 10.1 Å². The van der Waals surface area contributed by atoms with Gasteiger partial charge in [0.05, 0.1) is 0 Å². The van der Waals surface area contributed by atoms with Crippen LogP contribution in [0.5, 0.6) is 0 Å². The molecule has 0 spiro atoms. The predicted molar refractivity (Wildman–Crippen MR) is 73.3 cm³/mol. The highest BCUT2D eigenvalue weighted by molar-refractivity contribution is 7.07. The Morgan fingerprint density at radius 1 is 1.45 bits per heavy atom. The third-order valence-corrected chi connectivity index (χ3v) is 3.93. The molecule has 1 aliphatic rings. The molecule has 9 heteroatoms. The van der Waals surface area contributed by atoms with Gasteiger partial charge in [-0.25, -0.2) is 4.79 Å². The summed E-state index contributed by atoms with van der Waals surface area (Å²) in [5, 5.41) is 6.43. The van der Waals surface area contributed by atoms with Gasteiger partial charge < -0.3 is 10.1 Å². The summed E-state index contributed by atoms with van der Waals surface area (Å²) in [5.74, 6) is -0.382. The summed E-state index contributed by atoms with van der Waals surface area (Å²) in [6, 6.07) is 1.08. The minimum absolute atomic E-state index is 0.216. The maximum atomic E-state index is 12.1. The van der Waals surface area contributed by atoms with E-state index in [1.165, 1.54) is 11.3 Å². The first-order valence-corrected chi connectivity index (χ1v) is 7.60. The van der Waals surface area contributed by atoms with Crippen LogP contribution in [-0.2, 0) is 16.1 Å². The second kappa shape index (κ2) is 6.99.